The number of anilines is 1. The van der Waals surface area contributed by atoms with Crippen molar-refractivity contribution in [1.29, 1.82) is 0 Å². The van der Waals surface area contributed by atoms with E-state index in [9.17, 15) is 13.6 Å². The molecule has 8 heteroatoms. The van der Waals surface area contributed by atoms with Gasteiger partial charge in [-0.15, -0.1) is 11.8 Å². The molecule has 1 heterocycles. The fourth-order valence-electron chi connectivity index (χ4n) is 1.98. The van der Waals surface area contributed by atoms with Crippen LogP contribution >= 0.6 is 11.8 Å². The zero-order chi connectivity index (χ0) is 15.6. The molecule has 0 aliphatic heterocycles. The van der Waals surface area contributed by atoms with Crippen LogP contribution in [0.25, 0.3) is 0 Å². The fourth-order valence-corrected chi connectivity index (χ4v) is 2.79. The molecule has 0 aliphatic carbocycles. The third-order valence-electron chi connectivity index (χ3n) is 3.06. The predicted molar refractivity (Wildman–Crippen MR) is 76.9 cm³/mol. The number of hydrogen-bond acceptors (Lipinski definition) is 4. The Kier molecular flexibility index (Phi) is 4.56. The van der Waals surface area contributed by atoms with Gasteiger partial charge in [-0.3, -0.25) is 10.1 Å². The van der Waals surface area contributed by atoms with Crippen molar-refractivity contribution in [1.82, 2.24) is 14.8 Å². The molecule has 2 aromatic rings. The molecule has 1 amide bonds. The van der Waals surface area contributed by atoms with E-state index in [1.807, 2.05) is 0 Å². The third-order valence-corrected chi connectivity index (χ3v) is 4.01. The summed E-state index contributed by atoms with van der Waals surface area (Å²) in [4.78, 5) is 16.6. The molecule has 0 atom stereocenters. The lowest BCUT2D eigenvalue weighted by Gasteiger charge is -2.14. The van der Waals surface area contributed by atoms with E-state index in [1.54, 1.807) is 20.2 Å². The Morgan fingerprint density at radius 1 is 1.43 bits per heavy atom. The van der Waals surface area contributed by atoms with Crippen molar-refractivity contribution in [2.24, 2.45) is 7.05 Å². The zero-order valence-electron chi connectivity index (χ0n) is 11.7. The van der Waals surface area contributed by atoms with E-state index in [0.29, 0.717) is 22.0 Å². The Labute approximate surface area is 124 Å². The van der Waals surface area contributed by atoms with E-state index in [2.05, 4.69) is 15.4 Å². The summed E-state index contributed by atoms with van der Waals surface area (Å²) in [6, 6.07) is 2.69. The van der Waals surface area contributed by atoms with Gasteiger partial charge in [0.15, 0.2) is 0 Å². The molecule has 0 saturated carbocycles. The molecule has 0 unspecified atom stereocenters. The largest absolute Gasteiger partial charge is 0.291 e. The van der Waals surface area contributed by atoms with E-state index >= 15 is 0 Å². The topological polar surface area (TPSA) is 59.8 Å². The monoisotopic (exact) mass is 312 g/mol. The van der Waals surface area contributed by atoms with Gasteiger partial charge in [0.05, 0.1) is 0 Å². The number of aromatic nitrogens is 3. The minimum atomic E-state index is -2.57. The second-order valence-corrected chi connectivity index (χ2v) is 5.14. The number of halogens is 2. The first-order valence-corrected chi connectivity index (χ1v) is 7.29. The number of nitrogens with zero attached hydrogens (tertiary/aromatic N) is 3. The molecular weight excluding hydrogens is 298 g/mol. The van der Waals surface area contributed by atoms with Crippen LogP contribution < -0.4 is 5.32 Å². The first-order chi connectivity index (χ1) is 9.95. The highest BCUT2D eigenvalue weighted by atomic mass is 32.2. The second-order valence-electron chi connectivity index (χ2n) is 4.32. The molecule has 0 aliphatic rings. The van der Waals surface area contributed by atoms with E-state index < -0.39 is 12.3 Å². The normalized spacial score (nSPS) is 11.0. The average Bonchev–Trinajstić information content (AvgIpc) is 2.83. The molecule has 2 rings (SSSR count). The van der Waals surface area contributed by atoms with E-state index in [0.717, 1.165) is 0 Å². The van der Waals surface area contributed by atoms with Crippen molar-refractivity contribution in [3.05, 3.63) is 35.2 Å². The van der Waals surface area contributed by atoms with E-state index in [-0.39, 0.29) is 5.56 Å². The molecule has 0 radical (unpaired) electrons. The number of thioether (sulfide) groups is 1. The van der Waals surface area contributed by atoms with Crippen molar-refractivity contribution in [2.75, 3.05) is 11.6 Å². The minimum Gasteiger partial charge on any atom is -0.291 e. The molecule has 21 heavy (non-hydrogen) atoms. The quantitative estimate of drug-likeness (QED) is 0.882. The summed E-state index contributed by atoms with van der Waals surface area (Å²) in [6.07, 6.45) is 0.454. The molecule has 0 saturated heterocycles. The fraction of sp³-hybridized carbons (Fsp3) is 0.308. The number of carbonyl (C=O) groups excluding carboxylic acids is 1. The van der Waals surface area contributed by atoms with Gasteiger partial charge in [-0.05, 0) is 24.8 Å². The van der Waals surface area contributed by atoms with Crippen LogP contribution in [0.3, 0.4) is 0 Å². The Hall–Kier alpha value is -1.96. The smallest absolute Gasteiger partial charge is 0.264 e. The van der Waals surface area contributed by atoms with Gasteiger partial charge in [0.1, 0.15) is 6.33 Å². The summed E-state index contributed by atoms with van der Waals surface area (Å²) >= 11 is 1.20. The van der Waals surface area contributed by atoms with Crippen LogP contribution in [0, 0.1) is 6.92 Å². The van der Waals surface area contributed by atoms with E-state index in [4.69, 9.17) is 0 Å². The number of rotatable bonds is 4. The summed E-state index contributed by atoms with van der Waals surface area (Å²) in [6.45, 7) is 1.66. The van der Waals surface area contributed by atoms with Crippen LogP contribution in [0.1, 0.15) is 27.9 Å². The van der Waals surface area contributed by atoms with Crippen molar-refractivity contribution in [2.45, 2.75) is 18.2 Å². The Morgan fingerprint density at radius 3 is 2.67 bits per heavy atom. The van der Waals surface area contributed by atoms with Gasteiger partial charge in [-0.1, -0.05) is 6.07 Å². The van der Waals surface area contributed by atoms with E-state index in [1.165, 1.54) is 34.9 Å². The van der Waals surface area contributed by atoms with Gasteiger partial charge in [-0.2, -0.15) is 10.1 Å². The van der Waals surface area contributed by atoms with Gasteiger partial charge in [0.25, 0.3) is 12.3 Å². The SMILES string of the molecule is CSc1c(C(F)F)ccc(C(=O)Nc2ncnn2C)c1C. The summed E-state index contributed by atoms with van der Waals surface area (Å²) in [5.41, 5.74) is 0.807. The van der Waals surface area contributed by atoms with Crippen LogP contribution in [0.4, 0.5) is 14.7 Å². The van der Waals surface area contributed by atoms with Gasteiger partial charge in [-0.25, -0.2) is 13.5 Å². The Morgan fingerprint density at radius 2 is 2.14 bits per heavy atom. The predicted octanol–water partition coefficient (Wildman–Crippen LogP) is 3.04. The maximum absolute atomic E-state index is 12.9. The van der Waals surface area contributed by atoms with Crippen LogP contribution in [0.2, 0.25) is 0 Å². The highest BCUT2D eigenvalue weighted by Crippen LogP contribution is 2.33. The highest BCUT2D eigenvalue weighted by molar-refractivity contribution is 7.98. The Balaban J connectivity index is 2.36. The highest BCUT2D eigenvalue weighted by Gasteiger charge is 2.20. The number of nitrogens with one attached hydrogen (secondary N) is 1. The van der Waals surface area contributed by atoms with Crippen molar-refractivity contribution < 1.29 is 13.6 Å². The minimum absolute atomic E-state index is 0.0600. The van der Waals surface area contributed by atoms with Gasteiger partial charge < -0.3 is 0 Å². The Bertz CT molecular complexity index is 672. The number of benzene rings is 1. The van der Waals surface area contributed by atoms with Crippen LogP contribution in [-0.4, -0.2) is 26.9 Å². The average molecular weight is 312 g/mol. The molecule has 5 nitrogen and oxygen atoms in total. The number of carbonyl (C=O) groups is 1. The first-order valence-electron chi connectivity index (χ1n) is 6.06. The van der Waals surface area contributed by atoms with Crippen molar-refractivity contribution >= 4 is 23.6 Å². The molecular formula is C13H14F2N4OS. The van der Waals surface area contributed by atoms with Gasteiger partial charge >= 0.3 is 0 Å². The summed E-state index contributed by atoms with van der Waals surface area (Å²) in [7, 11) is 1.64. The molecule has 112 valence electrons. The van der Waals surface area contributed by atoms with Crippen molar-refractivity contribution in [3.63, 3.8) is 0 Å². The van der Waals surface area contributed by atoms with Crippen LogP contribution in [-0.2, 0) is 7.05 Å². The van der Waals surface area contributed by atoms with Gasteiger partial charge in [0, 0.05) is 23.1 Å². The van der Waals surface area contributed by atoms with Crippen LogP contribution in [0.15, 0.2) is 23.4 Å². The molecule has 0 bridgehead atoms. The lowest BCUT2D eigenvalue weighted by Crippen LogP contribution is -2.17. The molecule has 1 N–H and O–H groups in total. The second kappa shape index (κ2) is 6.21. The standard InChI is InChI=1S/C13H14F2N4OS/c1-7-8(4-5-9(11(14)15)10(7)21-3)12(20)18-13-16-6-17-19(13)2/h4-6,11H,1-3H3,(H,16,17,18,20). The molecule has 0 spiro atoms. The summed E-state index contributed by atoms with van der Waals surface area (Å²) in [5, 5.41) is 6.45. The van der Waals surface area contributed by atoms with Crippen molar-refractivity contribution in [3.8, 4) is 0 Å². The number of alkyl halides is 2. The maximum Gasteiger partial charge on any atom is 0.264 e. The number of aryl methyl sites for hydroxylation is 1. The number of hydrogen-bond donors (Lipinski definition) is 1. The third kappa shape index (κ3) is 3.05. The molecule has 1 aromatic heterocycles. The zero-order valence-corrected chi connectivity index (χ0v) is 12.5. The summed E-state index contributed by atoms with van der Waals surface area (Å²) < 4.78 is 27.3. The summed E-state index contributed by atoms with van der Waals surface area (Å²) in [5.74, 6) is -0.109. The molecule has 0 fully saturated rings. The van der Waals surface area contributed by atoms with Crippen LogP contribution in [0.5, 0.6) is 0 Å². The first kappa shape index (κ1) is 15.4. The lowest BCUT2D eigenvalue weighted by molar-refractivity contribution is 0.102. The molecule has 1 aromatic carbocycles. The van der Waals surface area contributed by atoms with Gasteiger partial charge in [0.2, 0.25) is 5.95 Å². The number of amides is 1. The maximum atomic E-state index is 12.9. The lowest BCUT2D eigenvalue weighted by atomic mass is 10.0.